The second kappa shape index (κ2) is 6.22. The van der Waals surface area contributed by atoms with E-state index in [1.54, 1.807) is 0 Å². The molecule has 0 atom stereocenters. The molecule has 1 heterocycles. The van der Waals surface area contributed by atoms with Gasteiger partial charge in [0.05, 0.1) is 11.2 Å². The standard InChI is InChI=1S/C24H27BO2/c1-16-10-9-11-17(2)22(16)20-14-15-21(19-13-8-7-12-18(19)20)25-26-23(3,4)24(5,6)27-25/h7-15H,1-6H3. The first kappa shape index (κ1) is 18.3. The van der Waals surface area contributed by atoms with E-state index in [1.807, 2.05) is 0 Å². The lowest BCUT2D eigenvalue weighted by Gasteiger charge is -2.32. The van der Waals surface area contributed by atoms with Gasteiger partial charge in [-0.15, -0.1) is 0 Å². The van der Waals surface area contributed by atoms with Gasteiger partial charge in [-0.1, -0.05) is 54.6 Å². The van der Waals surface area contributed by atoms with Crippen LogP contribution in [0.5, 0.6) is 0 Å². The van der Waals surface area contributed by atoms with Crippen molar-refractivity contribution in [2.45, 2.75) is 52.7 Å². The molecule has 0 aliphatic carbocycles. The first-order chi connectivity index (χ1) is 12.7. The molecule has 3 aromatic carbocycles. The Balaban J connectivity index is 1.90. The Morgan fingerprint density at radius 3 is 1.81 bits per heavy atom. The fraction of sp³-hybridized carbons (Fsp3) is 0.333. The minimum absolute atomic E-state index is 0.343. The van der Waals surface area contributed by atoms with E-state index in [4.69, 9.17) is 9.31 Å². The van der Waals surface area contributed by atoms with E-state index in [0.717, 1.165) is 5.46 Å². The van der Waals surface area contributed by atoms with Crippen LogP contribution in [0, 0.1) is 13.8 Å². The van der Waals surface area contributed by atoms with E-state index >= 15 is 0 Å². The van der Waals surface area contributed by atoms with Gasteiger partial charge in [0.25, 0.3) is 0 Å². The van der Waals surface area contributed by atoms with Crippen molar-refractivity contribution in [2.75, 3.05) is 0 Å². The van der Waals surface area contributed by atoms with Gasteiger partial charge in [0.1, 0.15) is 0 Å². The third-order valence-corrected chi connectivity index (χ3v) is 6.22. The molecule has 2 nitrogen and oxygen atoms in total. The third kappa shape index (κ3) is 2.90. The summed E-state index contributed by atoms with van der Waals surface area (Å²) in [6.45, 7) is 12.7. The van der Waals surface area contributed by atoms with Crippen molar-refractivity contribution in [3.63, 3.8) is 0 Å². The lowest BCUT2D eigenvalue weighted by atomic mass is 9.74. The summed E-state index contributed by atoms with van der Waals surface area (Å²) >= 11 is 0. The quantitative estimate of drug-likeness (QED) is 0.569. The van der Waals surface area contributed by atoms with Crippen LogP contribution in [0.3, 0.4) is 0 Å². The van der Waals surface area contributed by atoms with Crippen LogP contribution in [0.4, 0.5) is 0 Å². The second-order valence-corrected chi connectivity index (χ2v) is 8.60. The average Bonchev–Trinajstić information content (AvgIpc) is 2.82. The van der Waals surface area contributed by atoms with Crippen LogP contribution in [0.1, 0.15) is 38.8 Å². The normalized spacial score (nSPS) is 18.2. The van der Waals surface area contributed by atoms with Gasteiger partial charge in [-0.2, -0.15) is 0 Å². The maximum atomic E-state index is 6.33. The monoisotopic (exact) mass is 358 g/mol. The van der Waals surface area contributed by atoms with Gasteiger partial charge in [-0.3, -0.25) is 0 Å². The zero-order chi connectivity index (χ0) is 19.4. The van der Waals surface area contributed by atoms with Crippen molar-refractivity contribution >= 4 is 23.4 Å². The number of aryl methyl sites for hydroxylation is 2. The third-order valence-electron chi connectivity index (χ3n) is 6.22. The van der Waals surface area contributed by atoms with Gasteiger partial charge in [0, 0.05) is 0 Å². The smallest absolute Gasteiger partial charge is 0.399 e. The Morgan fingerprint density at radius 1 is 0.667 bits per heavy atom. The van der Waals surface area contributed by atoms with Crippen molar-refractivity contribution in [1.29, 1.82) is 0 Å². The highest BCUT2D eigenvalue weighted by molar-refractivity contribution is 6.65. The summed E-state index contributed by atoms with van der Waals surface area (Å²) in [6, 6.07) is 19.4. The first-order valence-corrected chi connectivity index (χ1v) is 9.65. The van der Waals surface area contributed by atoms with E-state index in [2.05, 4.69) is 96.1 Å². The van der Waals surface area contributed by atoms with E-state index in [0.29, 0.717) is 0 Å². The summed E-state index contributed by atoms with van der Waals surface area (Å²) in [4.78, 5) is 0. The minimum atomic E-state index is -0.355. The van der Waals surface area contributed by atoms with Crippen LogP contribution in [-0.2, 0) is 9.31 Å². The summed E-state index contributed by atoms with van der Waals surface area (Å²) in [5.41, 5.74) is 5.58. The largest absolute Gasteiger partial charge is 0.495 e. The van der Waals surface area contributed by atoms with Gasteiger partial charge >= 0.3 is 7.12 Å². The molecule has 0 N–H and O–H groups in total. The summed E-state index contributed by atoms with van der Waals surface area (Å²) in [7, 11) is -0.355. The van der Waals surface area contributed by atoms with Gasteiger partial charge in [-0.25, -0.2) is 0 Å². The zero-order valence-electron chi connectivity index (χ0n) is 17.1. The molecule has 0 radical (unpaired) electrons. The van der Waals surface area contributed by atoms with E-state index < -0.39 is 0 Å². The zero-order valence-corrected chi connectivity index (χ0v) is 17.1. The molecular weight excluding hydrogens is 331 g/mol. The van der Waals surface area contributed by atoms with Crippen molar-refractivity contribution < 1.29 is 9.31 Å². The first-order valence-electron chi connectivity index (χ1n) is 9.65. The number of hydrogen-bond acceptors (Lipinski definition) is 2. The van der Waals surface area contributed by atoms with Crippen LogP contribution in [0.25, 0.3) is 21.9 Å². The fourth-order valence-corrected chi connectivity index (χ4v) is 3.96. The van der Waals surface area contributed by atoms with Crippen molar-refractivity contribution in [2.24, 2.45) is 0 Å². The van der Waals surface area contributed by atoms with Crippen LogP contribution in [-0.4, -0.2) is 18.3 Å². The van der Waals surface area contributed by atoms with Crippen LogP contribution in [0.15, 0.2) is 54.6 Å². The lowest BCUT2D eigenvalue weighted by molar-refractivity contribution is 0.00578. The van der Waals surface area contributed by atoms with Gasteiger partial charge < -0.3 is 9.31 Å². The summed E-state index contributed by atoms with van der Waals surface area (Å²) in [5.74, 6) is 0. The van der Waals surface area contributed by atoms with Crippen molar-refractivity contribution in [3.05, 3.63) is 65.7 Å². The van der Waals surface area contributed by atoms with Gasteiger partial charge in [0.2, 0.25) is 0 Å². The molecule has 1 fully saturated rings. The van der Waals surface area contributed by atoms with E-state index in [9.17, 15) is 0 Å². The van der Waals surface area contributed by atoms with Crippen LogP contribution >= 0.6 is 0 Å². The molecule has 0 spiro atoms. The molecule has 27 heavy (non-hydrogen) atoms. The Labute approximate surface area is 162 Å². The highest BCUT2D eigenvalue weighted by Crippen LogP contribution is 2.38. The number of rotatable bonds is 2. The molecule has 0 unspecified atom stereocenters. The molecule has 0 saturated carbocycles. The molecule has 4 rings (SSSR count). The maximum absolute atomic E-state index is 6.33. The van der Waals surface area contributed by atoms with E-state index in [1.165, 1.54) is 33.0 Å². The number of hydrogen-bond donors (Lipinski definition) is 0. The lowest BCUT2D eigenvalue weighted by Crippen LogP contribution is -2.41. The molecule has 0 bridgehead atoms. The van der Waals surface area contributed by atoms with Crippen molar-refractivity contribution in [3.8, 4) is 11.1 Å². The molecule has 3 heteroatoms. The molecule has 0 aromatic heterocycles. The minimum Gasteiger partial charge on any atom is -0.399 e. The molecule has 3 aromatic rings. The molecule has 138 valence electrons. The Morgan fingerprint density at radius 2 is 1.22 bits per heavy atom. The predicted molar refractivity (Wildman–Crippen MR) is 115 cm³/mol. The topological polar surface area (TPSA) is 18.5 Å². The second-order valence-electron chi connectivity index (χ2n) is 8.60. The molecule has 1 aliphatic heterocycles. The summed E-state index contributed by atoms with van der Waals surface area (Å²) in [6.07, 6.45) is 0. The fourth-order valence-electron chi connectivity index (χ4n) is 3.96. The maximum Gasteiger partial charge on any atom is 0.495 e. The SMILES string of the molecule is Cc1cccc(C)c1-c1ccc(B2OC(C)(C)C(C)(C)O2)c2ccccc12. The Kier molecular flexibility index (Phi) is 4.21. The Hall–Kier alpha value is -2.10. The van der Waals surface area contributed by atoms with Crippen LogP contribution < -0.4 is 5.46 Å². The average molecular weight is 358 g/mol. The predicted octanol–water partition coefficient (Wildman–Crippen LogP) is 5.42. The number of fused-ring (bicyclic) bond motifs is 1. The highest BCUT2D eigenvalue weighted by Gasteiger charge is 2.52. The molecule has 1 saturated heterocycles. The van der Waals surface area contributed by atoms with Gasteiger partial charge in [0.15, 0.2) is 0 Å². The highest BCUT2D eigenvalue weighted by atomic mass is 16.7. The van der Waals surface area contributed by atoms with E-state index in [-0.39, 0.29) is 18.3 Å². The van der Waals surface area contributed by atoms with Gasteiger partial charge in [-0.05, 0) is 80.0 Å². The summed E-state index contributed by atoms with van der Waals surface area (Å²) < 4.78 is 12.7. The molecular formula is C24H27BO2. The number of benzene rings is 3. The van der Waals surface area contributed by atoms with Crippen molar-refractivity contribution in [1.82, 2.24) is 0 Å². The molecule has 1 aliphatic rings. The Bertz CT molecular complexity index is 984. The molecule has 0 amide bonds. The summed E-state index contributed by atoms with van der Waals surface area (Å²) in [5, 5.41) is 2.43. The van der Waals surface area contributed by atoms with Crippen LogP contribution in [0.2, 0.25) is 0 Å².